The van der Waals surface area contributed by atoms with Gasteiger partial charge in [-0.2, -0.15) is 5.10 Å². The molecule has 2 aromatic rings. The van der Waals surface area contributed by atoms with Crippen LogP contribution in [0.1, 0.15) is 12.7 Å². The lowest BCUT2D eigenvalue weighted by Crippen LogP contribution is -2.00. The minimum absolute atomic E-state index is 0.439. The van der Waals surface area contributed by atoms with Crippen molar-refractivity contribution in [3.63, 3.8) is 0 Å². The van der Waals surface area contributed by atoms with Crippen LogP contribution in [-0.2, 0) is 18.4 Å². The van der Waals surface area contributed by atoms with Gasteiger partial charge in [0.1, 0.15) is 17.1 Å². The van der Waals surface area contributed by atoms with E-state index < -0.39 is 0 Å². The maximum Gasteiger partial charge on any atom is 0.134 e. The van der Waals surface area contributed by atoms with E-state index in [0.29, 0.717) is 17.9 Å². The molecule has 0 unspecified atom stereocenters. The molecule has 2 rings (SSSR count). The third kappa shape index (κ3) is 2.98. The van der Waals surface area contributed by atoms with Gasteiger partial charge in [0.15, 0.2) is 0 Å². The zero-order valence-electron chi connectivity index (χ0n) is 9.80. The fourth-order valence-corrected chi connectivity index (χ4v) is 1.72. The largest absolute Gasteiger partial charge is 0.374 e. The molecule has 0 aliphatic rings. The summed E-state index contributed by atoms with van der Waals surface area (Å²) < 4.78 is 7.61. The molecule has 0 amide bonds. The first-order valence-corrected chi connectivity index (χ1v) is 5.77. The summed E-state index contributed by atoms with van der Waals surface area (Å²) in [4.78, 5) is 7.40. The van der Waals surface area contributed by atoms with E-state index in [2.05, 4.69) is 15.1 Å². The summed E-state index contributed by atoms with van der Waals surface area (Å²) in [5.74, 6) is 0.734. The van der Waals surface area contributed by atoms with Crippen molar-refractivity contribution in [2.24, 2.45) is 7.05 Å². The molecule has 6 heteroatoms. The van der Waals surface area contributed by atoms with E-state index in [1.54, 1.807) is 10.9 Å². The Labute approximate surface area is 104 Å². The Balaban J connectivity index is 2.34. The van der Waals surface area contributed by atoms with E-state index >= 15 is 0 Å². The van der Waals surface area contributed by atoms with E-state index in [-0.39, 0.29) is 0 Å². The minimum atomic E-state index is 0.439. The van der Waals surface area contributed by atoms with Crippen LogP contribution >= 0.6 is 12.2 Å². The number of nitrogens with zero attached hydrogens (tertiary/aromatic N) is 3. The molecule has 0 aromatic carbocycles. The number of hydrogen-bond donors (Lipinski definition) is 1. The number of rotatable bonds is 4. The van der Waals surface area contributed by atoms with Gasteiger partial charge in [-0.25, -0.2) is 4.98 Å². The number of hydrogen-bond acceptors (Lipinski definition) is 4. The van der Waals surface area contributed by atoms with Crippen LogP contribution in [0.4, 0.5) is 0 Å². The Hall–Kier alpha value is -1.53. The molecule has 2 aromatic heterocycles. The smallest absolute Gasteiger partial charge is 0.134 e. The second-order valence-corrected chi connectivity index (χ2v) is 4.04. The maximum absolute atomic E-state index is 5.31. The Morgan fingerprint density at radius 3 is 3.00 bits per heavy atom. The van der Waals surface area contributed by atoms with Gasteiger partial charge in [-0.05, 0) is 13.0 Å². The molecule has 0 atom stereocenters. The van der Waals surface area contributed by atoms with Crippen LogP contribution in [0.15, 0.2) is 18.5 Å². The number of aromatic amines is 1. The monoisotopic (exact) mass is 250 g/mol. The number of aromatic nitrogens is 4. The van der Waals surface area contributed by atoms with Gasteiger partial charge in [0.05, 0.1) is 11.9 Å². The van der Waals surface area contributed by atoms with Crippen LogP contribution in [0.2, 0.25) is 0 Å². The van der Waals surface area contributed by atoms with Crippen LogP contribution in [0.3, 0.4) is 0 Å². The molecule has 0 fully saturated rings. The van der Waals surface area contributed by atoms with E-state index in [1.807, 2.05) is 26.2 Å². The highest BCUT2D eigenvalue weighted by Gasteiger charge is 2.03. The molecule has 90 valence electrons. The summed E-state index contributed by atoms with van der Waals surface area (Å²) in [7, 11) is 1.88. The van der Waals surface area contributed by atoms with E-state index in [1.165, 1.54) is 0 Å². The molecular weight excluding hydrogens is 236 g/mol. The fourth-order valence-electron chi connectivity index (χ4n) is 1.49. The van der Waals surface area contributed by atoms with Gasteiger partial charge in [-0.3, -0.25) is 4.68 Å². The maximum atomic E-state index is 5.31. The van der Waals surface area contributed by atoms with Crippen molar-refractivity contribution in [3.8, 4) is 11.3 Å². The SMILES string of the molecule is CCOCc1nc(=S)cc(-c2cnn(C)c2)[nH]1. The van der Waals surface area contributed by atoms with Gasteiger partial charge in [0.2, 0.25) is 0 Å². The number of ether oxygens (including phenoxy) is 1. The predicted molar refractivity (Wildman–Crippen MR) is 67.0 cm³/mol. The summed E-state index contributed by atoms with van der Waals surface area (Å²) in [6.07, 6.45) is 3.70. The zero-order chi connectivity index (χ0) is 12.3. The van der Waals surface area contributed by atoms with E-state index in [0.717, 1.165) is 17.1 Å². The Morgan fingerprint density at radius 1 is 1.53 bits per heavy atom. The second-order valence-electron chi connectivity index (χ2n) is 3.62. The van der Waals surface area contributed by atoms with Crippen molar-refractivity contribution in [1.82, 2.24) is 19.7 Å². The highest BCUT2D eigenvalue weighted by Crippen LogP contribution is 2.15. The molecule has 0 aliphatic carbocycles. The van der Waals surface area contributed by atoms with Crippen LogP contribution in [-0.4, -0.2) is 26.4 Å². The number of aryl methyl sites for hydroxylation is 1. The van der Waals surface area contributed by atoms with E-state index in [9.17, 15) is 0 Å². The molecule has 1 N–H and O–H groups in total. The van der Waals surface area contributed by atoms with Gasteiger partial charge < -0.3 is 9.72 Å². The van der Waals surface area contributed by atoms with Gasteiger partial charge >= 0.3 is 0 Å². The van der Waals surface area contributed by atoms with Gasteiger partial charge in [0.25, 0.3) is 0 Å². The first-order valence-electron chi connectivity index (χ1n) is 5.36. The van der Waals surface area contributed by atoms with Crippen LogP contribution in [0, 0.1) is 4.64 Å². The quantitative estimate of drug-likeness (QED) is 0.844. The zero-order valence-corrected chi connectivity index (χ0v) is 10.6. The van der Waals surface area contributed by atoms with Gasteiger partial charge in [-0.1, -0.05) is 12.2 Å². The molecule has 2 heterocycles. The summed E-state index contributed by atoms with van der Waals surface area (Å²) in [6.45, 7) is 3.03. The van der Waals surface area contributed by atoms with Gasteiger partial charge in [0, 0.05) is 25.4 Å². The molecule has 0 spiro atoms. The summed E-state index contributed by atoms with van der Waals surface area (Å²) in [5, 5.41) is 4.13. The van der Waals surface area contributed by atoms with Crippen LogP contribution in [0.25, 0.3) is 11.3 Å². The van der Waals surface area contributed by atoms with Crippen LogP contribution in [0.5, 0.6) is 0 Å². The normalized spacial score (nSPS) is 10.7. The third-order valence-electron chi connectivity index (χ3n) is 2.25. The third-order valence-corrected chi connectivity index (χ3v) is 2.46. The van der Waals surface area contributed by atoms with Crippen molar-refractivity contribution >= 4 is 12.2 Å². The molecule has 0 saturated heterocycles. The summed E-state index contributed by atoms with van der Waals surface area (Å²) in [5.41, 5.74) is 1.89. The van der Waals surface area contributed by atoms with E-state index in [4.69, 9.17) is 17.0 Å². The fraction of sp³-hybridized carbons (Fsp3) is 0.364. The Kier molecular flexibility index (Phi) is 3.65. The molecule has 0 radical (unpaired) electrons. The van der Waals surface area contributed by atoms with Gasteiger partial charge in [-0.15, -0.1) is 0 Å². The Bertz CT molecular complexity index is 561. The number of H-pyrrole nitrogens is 1. The Morgan fingerprint density at radius 2 is 2.35 bits per heavy atom. The topological polar surface area (TPSA) is 55.7 Å². The lowest BCUT2D eigenvalue weighted by atomic mass is 10.2. The standard InChI is InChI=1S/C11H14N4OS/c1-3-16-7-10-13-9(4-11(17)14-10)8-5-12-15(2)6-8/h4-6H,3,7H2,1-2H3,(H,13,14,17). The lowest BCUT2D eigenvalue weighted by Gasteiger charge is -2.04. The first kappa shape index (κ1) is 11.9. The molecule has 0 bridgehead atoms. The average molecular weight is 250 g/mol. The van der Waals surface area contributed by atoms with Crippen LogP contribution < -0.4 is 0 Å². The average Bonchev–Trinajstić information content (AvgIpc) is 2.72. The molecule has 17 heavy (non-hydrogen) atoms. The predicted octanol–water partition coefficient (Wildman–Crippen LogP) is 2.08. The van der Waals surface area contributed by atoms with Crippen molar-refractivity contribution in [3.05, 3.63) is 28.9 Å². The molecule has 5 nitrogen and oxygen atoms in total. The van der Waals surface area contributed by atoms with Crippen molar-refractivity contribution in [2.45, 2.75) is 13.5 Å². The highest BCUT2D eigenvalue weighted by molar-refractivity contribution is 7.71. The minimum Gasteiger partial charge on any atom is -0.374 e. The lowest BCUT2D eigenvalue weighted by molar-refractivity contribution is 0.128. The summed E-state index contributed by atoms with van der Waals surface area (Å²) >= 11 is 5.13. The summed E-state index contributed by atoms with van der Waals surface area (Å²) in [6, 6.07) is 1.82. The molecule has 0 aliphatic heterocycles. The molecule has 0 saturated carbocycles. The van der Waals surface area contributed by atoms with Crippen molar-refractivity contribution in [2.75, 3.05) is 6.61 Å². The first-order chi connectivity index (χ1) is 8.19. The highest BCUT2D eigenvalue weighted by atomic mass is 32.1. The van der Waals surface area contributed by atoms with Crippen molar-refractivity contribution < 1.29 is 4.74 Å². The second kappa shape index (κ2) is 5.20. The van der Waals surface area contributed by atoms with Crippen molar-refractivity contribution in [1.29, 1.82) is 0 Å². The number of nitrogens with one attached hydrogen (secondary N) is 1. The molecular formula is C11H14N4OS.